The van der Waals surface area contributed by atoms with Crippen LogP contribution in [0.15, 0.2) is 12.2 Å². The van der Waals surface area contributed by atoms with Gasteiger partial charge in [0, 0.05) is 11.6 Å². The van der Waals surface area contributed by atoms with Crippen LogP contribution in [0.4, 0.5) is 0 Å². The van der Waals surface area contributed by atoms with Gasteiger partial charge in [0.15, 0.2) is 0 Å². The van der Waals surface area contributed by atoms with Crippen molar-refractivity contribution in [1.82, 2.24) is 10.6 Å². The maximum atomic E-state index is 11.8. The van der Waals surface area contributed by atoms with E-state index in [0.717, 1.165) is 19.4 Å². The lowest BCUT2D eigenvalue weighted by Gasteiger charge is -2.20. The molecule has 1 amide bonds. The number of carbonyl (C=O) groups is 2. The highest BCUT2D eigenvalue weighted by Crippen LogP contribution is 2.13. The number of nitrogens with one attached hydrogen (secondary N) is 2. The molecule has 96 valence electrons. The Hall–Kier alpha value is -1.36. The summed E-state index contributed by atoms with van der Waals surface area (Å²) in [5.41, 5.74) is 0.425. The van der Waals surface area contributed by atoms with Crippen molar-refractivity contribution in [2.24, 2.45) is 5.92 Å². The molecule has 1 heterocycles. The monoisotopic (exact) mass is 240 g/mol. The average molecular weight is 240 g/mol. The molecular formula is C12H20N2O3. The Labute approximate surface area is 101 Å². The molecule has 5 heteroatoms. The number of carboxylic acid groups (broad SMARTS) is 1. The van der Waals surface area contributed by atoms with Gasteiger partial charge in [0.05, 0.1) is 0 Å². The molecule has 0 aromatic rings. The molecule has 0 saturated carbocycles. The first-order valence-corrected chi connectivity index (χ1v) is 5.89. The minimum absolute atomic E-state index is 0.0170. The van der Waals surface area contributed by atoms with Gasteiger partial charge in [0.2, 0.25) is 5.91 Å². The van der Waals surface area contributed by atoms with Gasteiger partial charge in [0.1, 0.15) is 6.04 Å². The second-order valence-electron chi connectivity index (χ2n) is 4.71. The highest BCUT2D eigenvalue weighted by atomic mass is 16.4. The van der Waals surface area contributed by atoms with Crippen LogP contribution < -0.4 is 10.6 Å². The summed E-state index contributed by atoms with van der Waals surface area (Å²) in [7, 11) is 0. The van der Waals surface area contributed by atoms with E-state index < -0.39 is 12.0 Å². The van der Waals surface area contributed by atoms with Gasteiger partial charge in [-0.1, -0.05) is 20.4 Å². The maximum Gasteiger partial charge on any atom is 0.326 e. The number of carbonyl (C=O) groups excluding carboxylic acids is 1. The fraction of sp³-hybridized carbons (Fsp3) is 0.667. The highest BCUT2D eigenvalue weighted by molar-refractivity contribution is 5.96. The molecule has 0 aromatic carbocycles. The van der Waals surface area contributed by atoms with E-state index in [1.54, 1.807) is 13.8 Å². The van der Waals surface area contributed by atoms with Crippen molar-refractivity contribution in [3.05, 3.63) is 12.2 Å². The second-order valence-corrected chi connectivity index (χ2v) is 4.71. The summed E-state index contributed by atoms with van der Waals surface area (Å²) in [4.78, 5) is 22.8. The zero-order valence-electron chi connectivity index (χ0n) is 10.3. The van der Waals surface area contributed by atoms with Gasteiger partial charge in [-0.3, -0.25) is 4.79 Å². The van der Waals surface area contributed by atoms with Crippen molar-refractivity contribution in [2.75, 3.05) is 6.54 Å². The van der Waals surface area contributed by atoms with Crippen molar-refractivity contribution in [2.45, 2.75) is 38.8 Å². The van der Waals surface area contributed by atoms with E-state index in [9.17, 15) is 9.59 Å². The zero-order chi connectivity index (χ0) is 13.0. The molecule has 17 heavy (non-hydrogen) atoms. The largest absolute Gasteiger partial charge is 0.480 e. The summed E-state index contributed by atoms with van der Waals surface area (Å²) >= 11 is 0. The van der Waals surface area contributed by atoms with Gasteiger partial charge in [-0.15, -0.1) is 0 Å². The fourth-order valence-electron chi connectivity index (χ4n) is 1.89. The minimum Gasteiger partial charge on any atom is -0.480 e. The van der Waals surface area contributed by atoms with Gasteiger partial charge < -0.3 is 15.7 Å². The predicted molar refractivity (Wildman–Crippen MR) is 64.6 cm³/mol. The lowest BCUT2D eigenvalue weighted by atomic mass is 10.0. The van der Waals surface area contributed by atoms with Crippen LogP contribution in [0.1, 0.15) is 26.7 Å². The zero-order valence-corrected chi connectivity index (χ0v) is 10.3. The van der Waals surface area contributed by atoms with Crippen LogP contribution in [0.2, 0.25) is 0 Å². The predicted octanol–water partition coefficient (Wildman–Crippen LogP) is 0.520. The quantitative estimate of drug-likeness (QED) is 0.612. The third-order valence-electron chi connectivity index (χ3n) is 2.99. The molecule has 2 unspecified atom stereocenters. The summed E-state index contributed by atoms with van der Waals surface area (Å²) in [5, 5.41) is 14.7. The van der Waals surface area contributed by atoms with Crippen LogP contribution in [0, 0.1) is 5.92 Å². The summed E-state index contributed by atoms with van der Waals surface area (Å²) < 4.78 is 0. The Balaban J connectivity index is 2.57. The van der Waals surface area contributed by atoms with Crippen LogP contribution in [0.3, 0.4) is 0 Å². The number of aliphatic carboxylic acids is 1. The van der Waals surface area contributed by atoms with Gasteiger partial charge in [-0.2, -0.15) is 0 Å². The van der Waals surface area contributed by atoms with Gasteiger partial charge in [0.25, 0.3) is 0 Å². The van der Waals surface area contributed by atoms with E-state index in [0.29, 0.717) is 5.57 Å². The molecular weight excluding hydrogens is 220 g/mol. The van der Waals surface area contributed by atoms with Crippen LogP contribution in [0.5, 0.6) is 0 Å². The molecule has 2 atom stereocenters. The van der Waals surface area contributed by atoms with E-state index in [4.69, 9.17) is 5.11 Å². The standard InChI is InChI=1S/C12H20N2O3/c1-7(2)10(12(16)17)14-11(15)8(3)9-5-4-6-13-9/h7,9-10,13H,3-6H2,1-2H3,(H,14,15)(H,16,17). The van der Waals surface area contributed by atoms with E-state index in [2.05, 4.69) is 17.2 Å². The second kappa shape index (κ2) is 5.82. The smallest absolute Gasteiger partial charge is 0.326 e. The molecule has 0 aliphatic carbocycles. The Morgan fingerprint density at radius 1 is 1.47 bits per heavy atom. The van der Waals surface area contributed by atoms with Crippen molar-refractivity contribution in [1.29, 1.82) is 0 Å². The van der Waals surface area contributed by atoms with Crippen LogP contribution in [-0.2, 0) is 9.59 Å². The van der Waals surface area contributed by atoms with Gasteiger partial charge >= 0.3 is 5.97 Å². The third kappa shape index (κ3) is 3.56. The van der Waals surface area contributed by atoms with E-state index in [1.165, 1.54) is 0 Å². The molecule has 0 aromatic heterocycles. The summed E-state index contributed by atoms with van der Waals surface area (Å²) in [6.45, 7) is 8.14. The van der Waals surface area contributed by atoms with Crippen molar-refractivity contribution < 1.29 is 14.7 Å². The average Bonchev–Trinajstić information content (AvgIpc) is 2.76. The summed E-state index contributed by atoms with van der Waals surface area (Å²) in [6.07, 6.45) is 1.90. The Kier molecular flexibility index (Phi) is 4.69. The summed E-state index contributed by atoms with van der Waals surface area (Å²) in [5.74, 6) is -1.54. The Morgan fingerprint density at radius 3 is 2.53 bits per heavy atom. The molecule has 1 aliphatic heterocycles. The lowest BCUT2D eigenvalue weighted by molar-refractivity contribution is -0.142. The van der Waals surface area contributed by atoms with Crippen molar-refractivity contribution in [3.8, 4) is 0 Å². The Morgan fingerprint density at radius 2 is 2.12 bits per heavy atom. The van der Waals surface area contributed by atoms with Crippen molar-refractivity contribution in [3.63, 3.8) is 0 Å². The first-order chi connectivity index (χ1) is 7.93. The van der Waals surface area contributed by atoms with Crippen LogP contribution >= 0.6 is 0 Å². The molecule has 0 radical (unpaired) electrons. The molecule has 0 spiro atoms. The molecule has 0 bridgehead atoms. The normalized spacial score (nSPS) is 21.2. The lowest BCUT2D eigenvalue weighted by Crippen LogP contribution is -2.46. The summed E-state index contributed by atoms with van der Waals surface area (Å²) in [6, 6.07) is -0.878. The number of amides is 1. The van der Waals surface area contributed by atoms with E-state index in [1.807, 2.05) is 0 Å². The SMILES string of the molecule is C=C(C(=O)NC(C(=O)O)C(C)C)C1CCCN1. The van der Waals surface area contributed by atoms with Gasteiger partial charge in [-0.05, 0) is 25.3 Å². The van der Waals surface area contributed by atoms with Crippen LogP contribution in [-0.4, -0.2) is 35.6 Å². The molecule has 1 saturated heterocycles. The highest BCUT2D eigenvalue weighted by Gasteiger charge is 2.27. The molecule has 5 nitrogen and oxygen atoms in total. The number of carboxylic acids is 1. The Bertz CT molecular complexity index is 320. The van der Waals surface area contributed by atoms with Gasteiger partial charge in [-0.25, -0.2) is 4.79 Å². The first kappa shape index (κ1) is 13.7. The molecule has 1 aliphatic rings. The number of hydrogen-bond acceptors (Lipinski definition) is 3. The minimum atomic E-state index is -1.01. The van der Waals surface area contributed by atoms with E-state index in [-0.39, 0.29) is 17.9 Å². The fourth-order valence-corrected chi connectivity index (χ4v) is 1.89. The molecule has 1 rings (SSSR count). The number of hydrogen-bond donors (Lipinski definition) is 3. The topological polar surface area (TPSA) is 78.4 Å². The van der Waals surface area contributed by atoms with Crippen molar-refractivity contribution >= 4 is 11.9 Å². The number of rotatable bonds is 5. The maximum absolute atomic E-state index is 11.8. The molecule has 1 fully saturated rings. The van der Waals surface area contributed by atoms with Crippen LogP contribution in [0.25, 0.3) is 0 Å². The first-order valence-electron chi connectivity index (χ1n) is 5.89. The molecule has 3 N–H and O–H groups in total. The third-order valence-corrected chi connectivity index (χ3v) is 2.99. The van der Waals surface area contributed by atoms with E-state index >= 15 is 0 Å².